The van der Waals surface area contributed by atoms with Gasteiger partial charge < -0.3 is 15.0 Å². The molecule has 0 fully saturated rings. The molecule has 0 unspecified atom stereocenters. The molecule has 0 aliphatic carbocycles. The number of hydrogen-bond acceptors (Lipinski definition) is 4. The SMILES string of the molecule is O=C(Nc1ccccc1Oc1ccccc1)c1c[nH]c(=O)n(Cc2ccccc2F)c1=O. The molecule has 0 aliphatic rings. The number of anilines is 1. The normalized spacial score (nSPS) is 10.5. The molecule has 1 amide bonds. The zero-order chi connectivity index (χ0) is 22.5. The Morgan fingerprint density at radius 3 is 2.41 bits per heavy atom. The van der Waals surface area contributed by atoms with Crippen LogP contribution in [0.5, 0.6) is 11.5 Å². The Balaban J connectivity index is 1.62. The molecule has 8 heteroatoms. The van der Waals surface area contributed by atoms with E-state index in [4.69, 9.17) is 4.74 Å². The molecule has 0 bridgehead atoms. The minimum atomic E-state index is -0.837. The fourth-order valence-corrected chi connectivity index (χ4v) is 3.08. The number of amides is 1. The lowest BCUT2D eigenvalue weighted by Crippen LogP contribution is -2.39. The first-order chi connectivity index (χ1) is 15.5. The summed E-state index contributed by atoms with van der Waals surface area (Å²) in [6, 6.07) is 21.6. The predicted molar refractivity (Wildman–Crippen MR) is 118 cm³/mol. The average Bonchev–Trinajstić information content (AvgIpc) is 2.80. The van der Waals surface area contributed by atoms with E-state index in [1.54, 1.807) is 42.5 Å². The van der Waals surface area contributed by atoms with Crippen LogP contribution in [-0.4, -0.2) is 15.5 Å². The molecule has 3 aromatic carbocycles. The third-order valence-corrected chi connectivity index (χ3v) is 4.70. The first kappa shape index (κ1) is 20.8. The number of carbonyl (C=O) groups excluding carboxylic acids is 1. The number of H-pyrrole nitrogens is 1. The molecule has 0 atom stereocenters. The molecular weight excluding hydrogens is 413 g/mol. The summed E-state index contributed by atoms with van der Waals surface area (Å²) in [6.45, 7) is -0.310. The molecule has 4 aromatic rings. The largest absolute Gasteiger partial charge is 0.455 e. The molecule has 7 nitrogen and oxygen atoms in total. The lowest BCUT2D eigenvalue weighted by Gasteiger charge is -2.12. The van der Waals surface area contributed by atoms with Crippen molar-refractivity contribution in [2.75, 3.05) is 5.32 Å². The molecule has 2 N–H and O–H groups in total. The van der Waals surface area contributed by atoms with Gasteiger partial charge in [0.05, 0.1) is 12.2 Å². The number of aromatic nitrogens is 2. The highest BCUT2D eigenvalue weighted by atomic mass is 19.1. The third-order valence-electron chi connectivity index (χ3n) is 4.70. The molecular formula is C24H18FN3O4. The molecule has 0 radical (unpaired) electrons. The van der Waals surface area contributed by atoms with E-state index in [-0.39, 0.29) is 17.7 Å². The Morgan fingerprint density at radius 2 is 1.62 bits per heavy atom. The minimum Gasteiger partial charge on any atom is -0.455 e. The van der Waals surface area contributed by atoms with Crippen molar-refractivity contribution in [3.63, 3.8) is 0 Å². The number of ether oxygens (including phenoxy) is 1. The van der Waals surface area contributed by atoms with Gasteiger partial charge in [0.1, 0.15) is 17.1 Å². The van der Waals surface area contributed by atoms with Gasteiger partial charge in [0.2, 0.25) is 0 Å². The summed E-state index contributed by atoms with van der Waals surface area (Å²) in [6.07, 6.45) is 1.04. The van der Waals surface area contributed by atoms with Gasteiger partial charge in [0, 0.05) is 11.8 Å². The highest BCUT2D eigenvalue weighted by Gasteiger charge is 2.17. The van der Waals surface area contributed by atoms with E-state index in [9.17, 15) is 18.8 Å². The Kier molecular flexibility index (Phi) is 5.94. The molecule has 0 saturated heterocycles. The quantitative estimate of drug-likeness (QED) is 0.486. The molecule has 32 heavy (non-hydrogen) atoms. The van der Waals surface area contributed by atoms with Crippen molar-refractivity contribution in [2.24, 2.45) is 0 Å². The van der Waals surface area contributed by atoms with Crippen molar-refractivity contribution in [1.82, 2.24) is 9.55 Å². The minimum absolute atomic E-state index is 0.152. The number of nitrogens with zero attached hydrogens (tertiary/aromatic N) is 1. The smallest absolute Gasteiger partial charge is 0.328 e. The van der Waals surface area contributed by atoms with Gasteiger partial charge in [-0.25, -0.2) is 9.18 Å². The van der Waals surface area contributed by atoms with Gasteiger partial charge in [0.15, 0.2) is 5.75 Å². The van der Waals surface area contributed by atoms with Crippen LogP contribution in [-0.2, 0) is 6.54 Å². The van der Waals surface area contributed by atoms with E-state index in [1.165, 1.54) is 18.2 Å². The van der Waals surface area contributed by atoms with Crippen LogP contribution in [0.1, 0.15) is 15.9 Å². The number of benzene rings is 3. The fraction of sp³-hybridized carbons (Fsp3) is 0.0417. The van der Waals surface area contributed by atoms with Crippen LogP contribution in [0.4, 0.5) is 10.1 Å². The van der Waals surface area contributed by atoms with Gasteiger partial charge in [-0.15, -0.1) is 0 Å². The Morgan fingerprint density at radius 1 is 0.938 bits per heavy atom. The maximum absolute atomic E-state index is 14.0. The summed E-state index contributed by atoms with van der Waals surface area (Å²) in [5.41, 5.74) is -1.39. The van der Waals surface area contributed by atoms with Gasteiger partial charge in [-0.1, -0.05) is 48.5 Å². The Bertz CT molecular complexity index is 1380. The molecule has 0 saturated carbocycles. The summed E-state index contributed by atoms with van der Waals surface area (Å²) in [5, 5.41) is 2.64. The molecule has 0 spiro atoms. The predicted octanol–water partition coefficient (Wildman–Crippen LogP) is 3.77. The standard InChI is InChI=1S/C24H18FN3O4/c25-19-11-5-4-8-16(19)15-28-23(30)18(14-26-24(28)31)22(29)27-20-12-6-7-13-21(20)32-17-9-2-1-3-10-17/h1-14H,15H2,(H,26,31)(H,27,29). The zero-order valence-corrected chi connectivity index (χ0v) is 16.7. The summed E-state index contributed by atoms with van der Waals surface area (Å²) in [4.78, 5) is 40.2. The van der Waals surface area contributed by atoms with Crippen molar-refractivity contribution < 1.29 is 13.9 Å². The van der Waals surface area contributed by atoms with Crippen LogP contribution >= 0.6 is 0 Å². The highest BCUT2D eigenvalue weighted by molar-refractivity contribution is 6.04. The molecule has 0 aliphatic heterocycles. The molecule has 1 heterocycles. The third kappa shape index (κ3) is 4.49. The lowest BCUT2D eigenvalue weighted by atomic mass is 10.2. The topological polar surface area (TPSA) is 93.2 Å². The number of para-hydroxylation sites is 3. The van der Waals surface area contributed by atoms with Crippen molar-refractivity contribution in [3.8, 4) is 11.5 Å². The summed E-state index contributed by atoms with van der Waals surface area (Å²) in [7, 11) is 0. The van der Waals surface area contributed by atoms with E-state index in [0.29, 0.717) is 17.2 Å². The van der Waals surface area contributed by atoms with Gasteiger partial charge in [0.25, 0.3) is 11.5 Å². The number of hydrogen-bond donors (Lipinski definition) is 2. The maximum Gasteiger partial charge on any atom is 0.328 e. The van der Waals surface area contributed by atoms with Crippen molar-refractivity contribution >= 4 is 11.6 Å². The van der Waals surface area contributed by atoms with Crippen LogP contribution < -0.4 is 21.3 Å². The van der Waals surface area contributed by atoms with Crippen molar-refractivity contribution in [2.45, 2.75) is 6.54 Å². The lowest BCUT2D eigenvalue weighted by molar-refractivity contribution is 0.102. The highest BCUT2D eigenvalue weighted by Crippen LogP contribution is 2.29. The van der Waals surface area contributed by atoms with Crippen molar-refractivity contribution in [1.29, 1.82) is 0 Å². The summed E-state index contributed by atoms with van der Waals surface area (Å²) < 4.78 is 20.6. The van der Waals surface area contributed by atoms with Crippen LogP contribution in [0, 0.1) is 5.82 Å². The van der Waals surface area contributed by atoms with Crippen LogP contribution in [0.25, 0.3) is 0 Å². The second-order valence-electron chi connectivity index (χ2n) is 6.86. The van der Waals surface area contributed by atoms with Gasteiger partial charge in [-0.05, 0) is 30.3 Å². The fourth-order valence-electron chi connectivity index (χ4n) is 3.08. The zero-order valence-electron chi connectivity index (χ0n) is 16.7. The van der Waals surface area contributed by atoms with Gasteiger partial charge >= 0.3 is 5.69 Å². The second kappa shape index (κ2) is 9.13. The second-order valence-corrected chi connectivity index (χ2v) is 6.86. The van der Waals surface area contributed by atoms with Gasteiger partial charge in [-0.3, -0.25) is 14.2 Å². The van der Waals surface area contributed by atoms with E-state index >= 15 is 0 Å². The number of rotatable bonds is 6. The van der Waals surface area contributed by atoms with Crippen LogP contribution in [0.2, 0.25) is 0 Å². The number of halogens is 1. The van der Waals surface area contributed by atoms with E-state index in [1.807, 2.05) is 18.2 Å². The average molecular weight is 431 g/mol. The monoisotopic (exact) mass is 431 g/mol. The Labute approximate surface area is 181 Å². The van der Waals surface area contributed by atoms with Crippen molar-refractivity contribution in [3.05, 3.63) is 123 Å². The van der Waals surface area contributed by atoms with Crippen LogP contribution in [0.3, 0.4) is 0 Å². The summed E-state index contributed by atoms with van der Waals surface area (Å²) >= 11 is 0. The van der Waals surface area contributed by atoms with E-state index in [2.05, 4.69) is 10.3 Å². The summed E-state index contributed by atoms with van der Waals surface area (Å²) in [5.74, 6) is -0.341. The molecule has 160 valence electrons. The molecule has 4 rings (SSSR count). The number of nitrogens with one attached hydrogen (secondary N) is 2. The number of aromatic amines is 1. The molecule has 1 aromatic heterocycles. The maximum atomic E-state index is 14.0. The number of carbonyl (C=O) groups is 1. The van der Waals surface area contributed by atoms with E-state index in [0.717, 1.165) is 10.8 Å². The first-order valence-electron chi connectivity index (χ1n) is 9.72. The van der Waals surface area contributed by atoms with E-state index < -0.39 is 23.0 Å². The van der Waals surface area contributed by atoms with Gasteiger partial charge in [-0.2, -0.15) is 0 Å². The Hall–Kier alpha value is -4.46. The van der Waals surface area contributed by atoms with Crippen LogP contribution in [0.15, 0.2) is 94.6 Å². The first-order valence-corrected chi connectivity index (χ1v) is 9.72.